The lowest BCUT2D eigenvalue weighted by molar-refractivity contribution is -0.137. The number of hydrogen-bond acceptors (Lipinski definition) is 4. The smallest absolute Gasteiger partial charge is 0.303 e. The van der Waals surface area contributed by atoms with E-state index in [1.54, 1.807) is 18.3 Å². The van der Waals surface area contributed by atoms with E-state index < -0.39 is 17.7 Å². The highest BCUT2D eigenvalue weighted by molar-refractivity contribution is 6.44. The molecule has 1 aromatic heterocycles. The third kappa shape index (κ3) is 4.20. The van der Waals surface area contributed by atoms with E-state index in [0.717, 1.165) is 11.1 Å². The molecule has 0 saturated heterocycles. The van der Waals surface area contributed by atoms with Crippen molar-refractivity contribution in [2.45, 2.75) is 19.4 Å². The van der Waals surface area contributed by atoms with Crippen molar-refractivity contribution in [2.24, 2.45) is 5.73 Å². The summed E-state index contributed by atoms with van der Waals surface area (Å²) in [5.74, 6) is -2.32. The summed E-state index contributed by atoms with van der Waals surface area (Å²) in [6.45, 7) is 0.686. The van der Waals surface area contributed by atoms with E-state index in [1.165, 1.54) is 0 Å². The van der Waals surface area contributed by atoms with Gasteiger partial charge in [-0.25, -0.2) is 0 Å². The zero-order valence-electron chi connectivity index (χ0n) is 15.1. The Hall–Kier alpha value is -3.61. The summed E-state index contributed by atoms with van der Waals surface area (Å²) in [6.07, 6.45) is 1.92. The number of rotatable bonds is 9. The van der Waals surface area contributed by atoms with Gasteiger partial charge < -0.3 is 20.1 Å². The van der Waals surface area contributed by atoms with E-state index in [2.05, 4.69) is 0 Å². The molecule has 0 unspecified atom stereocenters. The quantitative estimate of drug-likeness (QED) is 0.337. The van der Waals surface area contributed by atoms with E-state index in [1.807, 2.05) is 41.0 Å². The number of nitrogens with zero attached hydrogens (tertiary/aromatic N) is 1. The average molecular weight is 380 g/mol. The first-order valence-electron chi connectivity index (χ1n) is 8.82. The SMILES string of the molecule is NC(=O)C(=O)c1cn(Cc2ccccc2)c2cccc(OCCCC(=O)O)c12. The number of nitrogens with two attached hydrogens (primary N) is 1. The normalized spacial score (nSPS) is 10.7. The molecule has 0 bridgehead atoms. The van der Waals surface area contributed by atoms with Gasteiger partial charge in [-0.2, -0.15) is 0 Å². The second kappa shape index (κ2) is 8.39. The number of ether oxygens (including phenoxy) is 1. The second-order valence-electron chi connectivity index (χ2n) is 6.35. The van der Waals surface area contributed by atoms with Crippen LogP contribution < -0.4 is 10.5 Å². The molecular formula is C21H20N2O5. The first kappa shape index (κ1) is 19.2. The minimum atomic E-state index is -1.04. The Morgan fingerprint density at radius 2 is 1.79 bits per heavy atom. The Balaban J connectivity index is 2.01. The molecule has 3 N–H and O–H groups in total. The number of carbonyl (C=O) groups excluding carboxylic acids is 2. The van der Waals surface area contributed by atoms with Crippen LogP contribution in [-0.4, -0.2) is 33.9 Å². The third-order valence-corrected chi connectivity index (χ3v) is 4.32. The number of carbonyl (C=O) groups is 3. The Morgan fingerprint density at radius 3 is 2.46 bits per heavy atom. The van der Waals surface area contributed by atoms with Crippen LogP contribution >= 0.6 is 0 Å². The molecule has 0 radical (unpaired) electrons. The number of benzene rings is 2. The Morgan fingerprint density at radius 1 is 1.04 bits per heavy atom. The summed E-state index contributed by atoms with van der Waals surface area (Å²) in [5, 5.41) is 9.25. The van der Waals surface area contributed by atoms with Crippen molar-refractivity contribution >= 4 is 28.6 Å². The summed E-state index contributed by atoms with van der Waals surface area (Å²) in [4.78, 5) is 34.6. The third-order valence-electron chi connectivity index (χ3n) is 4.32. The van der Waals surface area contributed by atoms with Gasteiger partial charge >= 0.3 is 5.97 Å². The fourth-order valence-corrected chi connectivity index (χ4v) is 3.06. The van der Waals surface area contributed by atoms with Gasteiger partial charge in [0.25, 0.3) is 11.7 Å². The van der Waals surface area contributed by atoms with Gasteiger partial charge in [-0.3, -0.25) is 14.4 Å². The minimum absolute atomic E-state index is 0.0158. The highest BCUT2D eigenvalue weighted by Crippen LogP contribution is 2.32. The lowest BCUT2D eigenvalue weighted by atomic mass is 10.1. The van der Waals surface area contributed by atoms with Crippen LogP contribution in [0.3, 0.4) is 0 Å². The van der Waals surface area contributed by atoms with Crippen molar-refractivity contribution < 1.29 is 24.2 Å². The highest BCUT2D eigenvalue weighted by Gasteiger charge is 2.22. The maximum absolute atomic E-state index is 12.4. The van der Waals surface area contributed by atoms with Crippen LogP contribution in [0.2, 0.25) is 0 Å². The number of aromatic nitrogens is 1. The first-order chi connectivity index (χ1) is 13.5. The summed E-state index contributed by atoms with van der Waals surface area (Å²) >= 11 is 0. The van der Waals surface area contributed by atoms with E-state index in [4.69, 9.17) is 15.6 Å². The van der Waals surface area contributed by atoms with Crippen LogP contribution in [0.4, 0.5) is 0 Å². The predicted molar refractivity (Wildman–Crippen MR) is 103 cm³/mol. The Bertz CT molecular complexity index is 1020. The molecule has 0 spiro atoms. The molecule has 3 rings (SSSR count). The molecule has 2 aromatic carbocycles. The highest BCUT2D eigenvalue weighted by atomic mass is 16.5. The zero-order valence-corrected chi connectivity index (χ0v) is 15.1. The van der Waals surface area contributed by atoms with Crippen molar-refractivity contribution in [3.63, 3.8) is 0 Å². The topological polar surface area (TPSA) is 112 Å². The lowest BCUT2D eigenvalue weighted by Gasteiger charge is -2.09. The Kier molecular flexibility index (Phi) is 5.74. The molecule has 7 heteroatoms. The number of amides is 1. The molecule has 0 saturated carbocycles. The van der Waals surface area contributed by atoms with Gasteiger partial charge in [-0.1, -0.05) is 36.4 Å². The maximum atomic E-state index is 12.4. The maximum Gasteiger partial charge on any atom is 0.303 e. The van der Waals surface area contributed by atoms with Gasteiger partial charge in [0, 0.05) is 19.2 Å². The van der Waals surface area contributed by atoms with Crippen molar-refractivity contribution in [1.82, 2.24) is 4.57 Å². The van der Waals surface area contributed by atoms with Gasteiger partial charge in [-0.15, -0.1) is 0 Å². The van der Waals surface area contributed by atoms with Crippen molar-refractivity contribution in [2.75, 3.05) is 6.61 Å². The Labute approximate surface area is 161 Å². The fraction of sp³-hybridized carbons (Fsp3) is 0.190. The van der Waals surface area contributed by atoms with Crippen molar-refractivity contribution in [3.05, 3.63) is 65.9 Å². The van der Waals surface area contributed by atoms with Crippen LogP contribution in [0.5, 0.6) is 5.75 Å². The number of primary amides is 1. The largest absolute Gasteiger partial charge is 0.493 e. The van der Waals surface area contributed by atoms with Crippen LogP contribution in [0.1, 0.15) is 28.8 Å². The number of ketones is 1. The molecule has 0 aliphatic carbocycles. The first-order valence-corrected chi connectivity index (χ1v) is 8.82. The van der Waals surface area contributed by atoms with Crippen LogP contribution in [-0.2, 0) is 16.1 Å². The van der Waals surface area contributed by atoms with Crippen molar-refractivity contribution in [1.29, 1.82) is 0 Å². The number of carboxylic acid groups (broad SMARTS) is 1. The number of aliphatic carboxylic acids is 1. The molecule has 0 atom stereocenters. The molecule has 3 aromatic rings. The summed E-state index contributed by atoms with van der Waals surface area (Å²) < 4.78 is 7.59. The molecule has 28 heavy (non-hydrogen) atoms. The number of fused-ring (bicyclic) bond motifs is 1. The van der Waals surface area contributed by atoms with Gasteiger partial charge in [0.05, 0.1) is 23.1 Å². The molecule has 0 aliphatic heterocycles. The molecular weight excluding hydrogens is 360 g/mol. The van der Waals surface area contributed by atoms with Gasteiger partial charge in [0.1, 0.15) is 5.75 Å². The van der Waals surface area contributed by atoms with Gasteiger partial charge in [0.2, 0.25) is 0 Å². The van der Waals surface area contributed by atoms with Crippen LogP contribution in [0.25, 0.3) is 10.9 Å². The summed E-state index contributed by atoms with van der Waals surface area (Å²) in [7, 11) is 0. The summed E-state index contributed by atoms with van der Waals surface area (Å²) in [5.41, 5.74) is 7.15. The van der Waals surface area contributed by atoms with Gasteiger partial charge in [-0.05, 0) is 24.1 Å². The minimum Gasteiger partial charge on any atom is -0.493 e. The molecule has 1 amide bonds. The molecule has 0 fully saturated rings. The molecule has 7 nitrogen and oxygen atoms in total. The van der Waals surface area contributed by atoms with E-state index >= 15 is 0 Å². The average Bonchev–Trinajstić information content (AvgIpc) is 3.04. The molecule has 0 aliphatic rings. The monoisotopic (exact) mass is 380 g/mol. The second-order valence-corrected chi connectivity index (χ2v) is 6.35. The number of Topliss-reactive ketones (excluding diaryl/α,β-unsaturated/α-hetero) is 1. The summed E-state index contributed by atoms with van der Waals surface area (Å²) in [6, 6.07) is 15.0. The molecule has 144 valence electrons. The van der Waals surface area contributed by atoms with Crippen LogP contribution in [0.15, 0.2) is 54.7 Å². The predicted octanol–water partition coefficient (Wildman–Crippen LogP) is 2.60. The van der Waals surface area contributed by atoms with E-state index in [0.29, 0.717) is 24.1 Å². The van der Waals surface area contributed by atoms with Crippen molar-refractivity contribution in [3.8, 4) is 5.75 Å². The fourth-order valence-electron chi connectivity index (χ4n) is 3.06. The standard InChI is InChI=1S/C21H20N2O5/c22-21(27)20(26)15-13-23(12-14-6-2-1-3-7-14)16-8-4-9-17(19(15)16)28-11-5-10-18(24)25/h1-4,6-9,13H,5,10-12H2,(H2,22,27)(H,24,25). The van der Waals surface area contributed by atoms with Gasteiger partial charge in [0.15, 0.2) is 0 Å². The van der Waals surface area contributed by atoms with E-state index in [-0.39, 0.29) is 18.6 Å². The van der Waals surface area contributed by atoms with Crippen LogP contribution in [0, 0.1) is 0 Å². The lowest BCUT2D eigenvalue weighted by Crippen LogP contribution is -2.23. The number of hydrogen-bond donors (Lipinski definition) is 2. The zero-order chi connectivity index (χ0) is 20.1. The van der Waals surface area contributed by atoms with E-state index in [9.17, 15) is 14.4 Å². The number of carboxylic acids is 1. The molecule has 1 heterocycles.